The Kier molecular flexibility index (Phi) is 4.22. The molecular weight excluding hydrogens is 266 g/mol. The summed E-state index contributed by atoms with van der Waals surface area (Å²) in [6.45, 7) is 0.489. The van der Waals surface area contributed by atoms with Crippen molar-refractivity contribution >= 4 is 29.6 Å². The van der Waals surface area contributed by atoms with E-state index in [9.17, 15) is 9.59 Å². The number of halogens is 1. The number of carboxylic acids is 1. The maximum absolute atomic E-state index is 12.0. The first-order chi connectivity index (χ1) is 9.09. The zero-order valence-electron chi connectivity index (χ0n) is 10.3. The van der Waals surface area contributed by atoms with E-state index in [0.717, 1.165) is 12.0 Å². The van der Waals surface area contributed by atoms with Gasteiger partial charge in [-0.25, -0.2) is 4.79 Å². The molecular formula is C14H14ClNO3. The van der Waals surface area contributed by atoms with Crippen molar-refractivity contribution < 1.29 is 14.7 Å². The Labute approximate surface area is 116 Å². The Balaban J connectivity index is 2.09. The van der Waals surface area contributed by atoms with Crippen LogP contribution in [0, 0.1) is 0 Å². The third kappa shape index (κ3) is 3.15. The summed E-state index contributed by atoms with van der Waals surface area (Å²) < 4.78 is 0. The molecule has 5 heteroatoms. The first-order valence-corrected chi connectivity index (χ1v) is 6.43. The summed E-state index contributed by atoms with van der Waals surface area (Å²) in [5, 5.41) is 9.58. The summed E-state index contributed by atoms with van der Waals surface area (Å²) in [6, 6.07) is 6.46. The quantitative estimate of drug-likeness (QED) is 0.865. The molecule has 1 aliphatic heterocycles. The number of likely N-dealkylation sites (tertiary alicyclic amines) is 1. The Bertz CT molecular complexity index is 527. The SMILES string of the molecule is O=C(O)C1CCCN1C(=O)/C=C/c1ccccc1Cl. The molecule has 1 saturated heterocycles. The fraction of sp³-hybridized carbons (Fsp3) is 0.286. The molecule has 1 heterocycles. The van der Waals surface area contributed by atoms with Crippen molar-refractivity contribution in [1.82, 2.24) is 4.90 Å². The number of carbonyl (C=O) groups excluding carboxylic acids is 1. The van der Waals surface area contributed by atoms with E-state index < -0.39 is 12.0 Å². The molecule has 1 unspecified atom stereocenters. The van der Waals surface area contributed by atoms with Gasteiger partial charge in [0, 0.05) is 17.6 Å². The number of carbonyl (C=O) groups is 2. The van der Waals surface area contributed by atoms with Crippen LogP contribution in [0.25, 0.3) is 6.08 Å². The van der Waals surface area contributed by atoms with Gasteiger partial charge in [-0.05, 0) is 30.5 Å². The molecule has 0 spiro atoms. The van der Waals surface area contributed by atoms with E-state index in [1.54, 1.807) is 18.2 Å². The Morgan fingerprint density at radius 1 is 1.37 bits per heavy atom. The lowest BCUT2D eigenvalue weighted by atomic mass is 10.2. The third-order valence-electron chi connectivity index (χ3n) is 3.13. The highest BCUT2D eigenvalue weighted by Gasteiger charge is 2.32. The van der Waals surface area contributed by atoms with E-state index in [1.807, 2.05) is 12.1 Å². The van der Waals surface area contributed by atoms with E-state index in [4.69, 9.17) is 16.7 Å². The molecule has 1 atom stereocenters. The minimum absolute atomic E-state index is 0.287. The number of carboxylic acid groups (broad SMARTS) is 1. The van der Waals surface area contributed by atoms with Crippen LogP contribution in [0.5, 0.6) is 0 Å². The van der Waals surface area contributed by atoms with Crippen LogP contribution in [0.4, 0.5) is 0 Å². The van der Waals surface area contributed by atoms with E-state index >= 15 is 0 Å². The monoisotopic (exact) mass is 279 g/mol. The molecule has 0 radical (unpaired) electrons. The number of rotatable bonds is 3. The minimum atomic E-state index is -0.947. The highest BCUT2D eigenvalue weighted by Crippen LogP contribution is 2.19. The molecule has 1 N–H and O–H groups in total. The Morgan fingerprint density at radius 3 is 2.79 bits per heavy atom. The highest BCUT2D eigenvalue weighted by molar-refractivity contribution is 6.32. The number of hydrogen-bond donors (Lipinski definition) is 1. The van der Waals surface area contributed by atoms with Gasteiger partial charge in [-0.15, -0.1) is 0 Å². The second kappa shape index (κ2) is 5.89. The van der Waals surface area contributed by atoms with Crippen molar-refractivity contribution in [1.29, 1.82) is 0 Å². The number of amides is 1. The van der Waals surface area contributed by atoms with Crippen LogP contribution in [0.15, 0.2) is 30.3 Å². The number of benzene rings is 1. The largest absolute Gasteiger partial charge is 0.480 e. The number of aliphatic carboxylic acids is 1. The lowest BCUT2D eigenvalue weighted by Crippen LogP contribution is -2.39. The molecule has 1 aliphatic rings. The van der Waals surface area contributed by atoms with Gasteiger partial charge in [-0.2, -0.15) is 0 Å². The summed E-state index contributed by atoms with van der Waals surface area (Å²) in [5.74, 6) is -1.23. The molecule has 0 saturated carbocycles. The minimum Gasteiger partial charge on any atom is -0.480 e. The molecule has 0 aliphatic carbocycles. The van der Waals surface area contributed by atoms with Crippen LogP contribution >= 0.6 is 11.6 Å². The second-order valence-electron chi connectivity index (χ2n) is 4.38. The maximum Gasteiger partial charge on any atom is 0.326 e. The van der Waals surface area contributed by atoms with Gasteiger partial charge < -0.3 is 10.0 Å². The van der Waals surface area contributed by atoms with E-state index in [1.165, 1.54) is 11.0 Å². The Morgan fingerprint density at radius 2 is 2.11 bits per heavy atom. The fourth-order valence-electron chi connectivity index (χ4n) is 2.15. The predicted molar refractivity (Wildman–Crippen MR) is 72.9 cm³/mol. The lowest BCUT2D eigenvalue weighted by Gasteiger charge is -2.19. The topological polar surface area (TPSA) is 57.6 Å². The zero-order valence-corrected chi connectivity index (χ0v) is 11.0. The van der Waals surface area contributed by atoms with Crippen molar-refractivity contribution in [2.45, 2.75) is 18.9 Å². The van der Waals surface area contributed by atoms with Crippen LogP contribution in [0.3, 0.4) is 0 Å². The van der Waals surface area contributed by atoms with E-state index in [-0.39, 0.29) is 5.91 Å². The smallest absolute Gasteiger partial charge is 0.326 e. The normalized spacial score (nSPS) is 19.0. The molecule has 1 amide bonds. The van der Waals surface area contributed by atoms with E-state index in [0.29, 0.717) is 18.0 Å². The average molecular weight is 280 g/mol. The van der Waals surface area contributed by atoms with Gasteiger partial charge in [0.25, 0.3) is 0 Å². The number of nitrogens with zero attached hydrogens (tertiary/aromatic N) is 1. The van der Waals surface area contributed by atoms with E-state index in [2.05, 4.69) is 0 Å². The standard InChI is InChI=1S/C14H14ClNO3/c15-11-5-2-1-4-10(11)7-8-13(17)16-9-3-6-12(16)14(18)19/h1-2,4-5,7-8,12H,3,6,9H2,(H,18,19)/b8-7+. The maximum atomic E-state index is 12.0. The summed E-state index contributed by atoms with van der Waals surface area (Å²) in [6.07, 6.45) is 4.23. The summed E-state index contributed by atoms with van der Waals surface area (Å²) in [7, 11) is 0. The van der Waals surface area contributed by atoms with Gasteiger partial charge in [0.1, 0.15) is 6.04 Å². The first kappa shape index (κ1) is 13.6. The van der Waals surface area contributed by atoms with Crippen molar-refractivity contribution in [2.24, 2.45) is 0 Å². The van der Waals surface area contributed by atoms with Crippen LogP contribution in [-0.4, -0.2) is 34.5 Å². The molecule has 1 fully saturated rings. The van der Waals surface area contributed by atoms with Gasteiger partial charge in [0.05, 0.1) is 0 Å². The summed E-state index contributed by atoms with van der Waals surface area (Å²) in [5.41, 5.74) is 0.739. The highest BCUT2D eigenvalue weighted by atomic mass is 35.5. The molecule has 1 aromatic rings. The van der Waals surface area contributed by atoms with Gasteiger partial charge >= 0.3 is 5.97 Å². The average Bonchev–Trinajstić information content (AvgIpc) is 2.87. The first-order valence-electron chi connectivity index (χ1n) is 6.05. The van der Waals surface area contributed by atoms with Crippen LogP contribution in [0.2, 0.25) is 5.02 Å². The van der Waals surface area contributed by atoms with Crippen LogP contribution in [0.1, 0.15) is 18.4 Å². The molecule has 100 valence electrons. The number of hydrogen-bond acceptors (Lipinski definition) is 2. The van der Waals surface area contributed by atoms with Crippen molar-refractivity contribution in [3.8, 4) is 0 Å². The molecule has 1 aromatic carbocycles. The zero-order chi connectivity index (χ0) is 13.8. The lowest BCUT2D eigenvalue weighted by molar-refractivity contribution is -0.146. The summed E-state index contributed by atoms with van der Waals surface area (Å²) in [4.78, 5) is 24.4. The van der Waals surface area contributed by atoms with Gasteiger partial charge in [0.15, 0.2) is 0 Å². The van der Waals surface area contributed by atoms with Gasteiger partial charge in [-0.1, -0.05) is 29.8 Å². The third-order valence-corrected chi connectivity index (χ3v) is 3.48. The molecule has 0 aromatic heterocycles. The van der Waals surface area contributed by atoms with Crippen molar-refractivity contribution in [2.75, 3.05) is 6.54 Å². The molecule has 4 nitrogen and oxygen atoms in total. The summed E-state index contributed by atoms with van der Waals surface area (Å²) >= 11 is 5.98. The molecule has 19 heavy (non-hydrogen) atoms. The van der Waals surface area contributed by atoms with Crippen molar-refractivity contribution in [3.63, 3.8) is 0 Å². The van der Waals surface area contributed by atoms with Crippen LogP contribution < -0.4 is 0 Å². The van der Waals surface area contributed by atoms with Crippen LogP contribution in [-0.2, 0) is 9.59 Å². The fourth-order valence-corrected chi connectivity index (χ4v) is 2.35. The van der Waals surface area contributed by atoms with Gasteiger partial charge in [-0.3, -0.25) is 4.79 Å². The van der Waals surface area contributed by atoms with Crippen molar-refractivity contribution in [3.05, 3.63) is 40.9 Å². The molecule has 0 bridgehead atoms. The predicted octanol–water partition coefficient (Wildman–Crippen LogP) is 2.43. The second-order valence-corrected chi connectivity index (χ2v) is 4.79. The Hall–Kier alpha value is -1.81. The van der Waals surface area contributed by atoms with Gasteiger partial charge in [0.2, 0.25) is 5.91 Å². The molecule has 2 rings (SSSR count).